The minimum Gasteiger partial charge on any atom is -0.497 e. The predicted octanol–water partition coefficient (Wildman–Crippen LogP) is 5.79. The molecule has 1 amide bonds. The Morgan fingerprint density at radius 3 is 2.25 bits per heavy atom. The van der Waals surface area contributed by atoms with Crippen molar-refractivity contribution in [3.05, 3.63) is 77.9 Å². The number of carbonyl (C=O) groups is 1. The van der Waals surface area contributed by atoms with E-state index in [1.54, 1.807) is 12.0 Å². The second-order valence-corrected chi connectivity index (χ2v) is 7.82. The number of carbonyl (C=O) groups excluding carboxylic acids is 1. The monoisotopic (exact) mass is 377 g/mol. The smallest absolute Gasteiger partial charge is 0.410 e. The van der Waals surface area contributed by atoms with E-state index in [4.69, 9.17) is 9.47 Å². The molecule has 0 saturated carbocycles. The Morgan fingerprint density at radius 1 is 0.893 bits per heavy atom. The molecule has 0 unspecified atom stereocenters. The molecule has 0 aliphatic heterocycles. The lowest BCUT2D eigenvalue weighted by Gasteiger charge is -2.28. The summed E-state index contributed by atoms with van der Waals surface area (Å²) in [5.74, 6) is 0.793. The molecule has 146 valence electrons. The lowest BCUT2D eigenvalue weighted by atomic mass is 10.0. The number of rotatable bonds is 5. The number of ether oxygens (including phenoxy) is 2. The fourth-order valence-electron chi connectivity index (χ4n) is 3.10. The molecule has 0 atom stereocenters. The van der Waals surface area contributed by atoms with Gasteiger partial charge in [-0.2, -0.15) is 0 Å². The van der Waals surface area contributed by atoms with Crippen LogP contribution in [0.4, 0.5) is 4.79 Å². The molecule has 0 aromatic heterocycles. The number of benzene rings is 3. The first-order valence-electron chi connectivity index (χ1n) is 9.43. The molecule has 0 radical (unpaired) electrons. The van der Waals surface area contributed by atoms with Crippen LogP contribution in [0.5, 0.6) is 5.75 Å². The molecule has 0 N–H and O–H groups in total. The van der Waals surface area contributed by atoms with Crippen LogP contribution in [0, 0.1) is 0 Å². The largest absolute Gasteiger partial charge is 0.497 e. The third kappa shape index (κ3) is 5.03. The number of amides is 1. The van der Waals surface area contributed by atoms with Gasteiger partial charge in [-0.15, -0.1) is 0 Å². The average Bonchev–Trinajstić information content (AvgIpc) is 2.67. The third-order valence-corrected chi connectivity index (χ3v) is 4.43. The lowest BCUT2D eigenvalue weighted by molar-refractivity contribution is 0.0217. The molecule has 28 heavy (non-hydrogen) atoms. The average molecular weight is 377 g/mol. The fourth-order valence-corrected chi connectivity index (χ4v) is 3.10. The number of hydrogen-bond donors (Lipinski definition) is 0. The summed E-state index contributed by atoms with van der Waals surface area (Å²) in [4.78, 5) is 14.7. The molecule has 3 rings (SSSR count). The topological polar surface area (TPSA) is 38.8 Å². The van der Waals surface area contributed by atoms with Crippen LogP contribution >= 0.6 is 0 Å². The van der Waals surface area contributed by atoms with Crippen molar-refractivity contribution >= 4 is 16.9 Å². The SMILES string of the molecule is COc1ccc(CN(Cc2cccc3ccccc23)C(=O)OC(C)(C)C)cc1. The number of hydrogen-bond acceptors (Lipinski definition) is 3. The molecule has 0 aliphatic carbocycles. The molecule has 0 bridgehead atoms. The zero-order valence-electron chi connectivity index (χ0n) is 16.9. The van der Waals surface area contributed by atoms with Crippen LogP contribution in [-0.4, -0.2) is 23.7 Å². The van der Waals surface area contributed by atoms with Gasteiger partial charge in [-0.25, -0.2) is 4.79 Å². The summed E-state index contributed by atoms with van der Waals surface area (Å²) in [5.41, 5.74) is 1.57. The van der Waals surface area contributed by atoms with Gasteiger partial charge in [0.15, 0.2) is 0 Å². The molecule has 0 fully saturated rings. The van der Waals surface area contributed by atoms with E-state index in [9.17, 15) is 4.79 Å². The van der Waals surface area contributed by atoms with E-state index < -0.39 is 5.60 Å². The van der Waals surface area contributed by atoms with Gasteiger partial charge in [0.1, 0.15) is 11.4 Å². The van der Waals surface area contributed by atoms with E-state index >= 15 is 0 Å². The Balaban J connectivity index is 1.89. The molecular weight excluding hydrogens is 350 g/mol. The lowest BCUT2D eigenvalue weighted by Crippen LogP contribution is -2.36. The van der Waals surface area contributed by atoms with Gasteiger partial charge in [0, 0.05) is 13.1 Å². The van der Waals surface area contributed by atoms with Crippen molar-refractivity contribution in [1.82, 2.24) is 4.90 Å². The highest BCUT2D eigenvalue weighted by atomic mass is 16.6. The number of nitrogens with zero attached hydrogens (tertiary/aromatic N) is 1. The maximum absolute atomic E-state index is 12.9. The van der Waals surface area contributed by atoms with Gasteiger partial charge in [-0.05, 0) is 54.8 Å². The molecule has 0 spiro atoms. The van der Waals surface area contributed by atoms with Crippen LogP contribution in [0.3, 0.4) is 0 Å². The van der Waals surface area contributed by atoms with Crippen molar-refractivity contribution in [3.8, 4) is 5.75 Å². The molecule has 0 heterocycles. The maximum atomic E-state index is 12.9. The zero-order chi connectivity index (χ0) is 20.1. The highest BCUT2D eigenvalue weighted by molar-refractivity contribution is 5.86. The first-order chi connectivity index (χ1) is 13.4. The number of fused-ring (bicyclic) bond motifs is 1. The van der Waals surface area contributed by atoms with Crippen molar-refractivity contribution in [3.63, 3.8) is 0 Å². The van der Waals surface area contributed by atoms with Crippen LogP contribution in [-0.2, 0) is 17.8 Å². The van der Waals surface area contributed by atoms with Gasteiger partial charge in [0.2, 0.25) is 0 Å². The van der Waals surface area contributed by atoms with Crippen LogP contribution < -0.4 is 4.74 Å². The predicted molar refractivity (Wildman–Crippen MR) is 112 cm³/mol. The summed E-state index contributed by atoms with van der Waals surface area (Å²) in [6, 6.07) is 22.1. The van der Waals surface area contributed by atoms with Crippen LogP contribution in [0.2, 0.25) is 0 Å². The molecule has 3 aromatic rings. The van der Waals surface area contributed by atoms with Gasteiger partial charge in [-0.3, -0.25) is 4.90 Å². The molecule has 0 saturated heterocycles. The van der Waals surface area contributed by atoms with Crippen molar-refractivity contribution < 1.29 is 14.3 Å². The number of methoxy groups -OCH3 is 1. The molecule has 4 nitrogen and oxygen atoms in total. The molecule has 3 aromatic carbocycles. The van der Waals surface area contributed by atoms with E-state index in [0.29, 0.717) is 13.1 Å². The summed E-state index contributed by atoms with van der Waals surface area (Å²) in [7, 11) is 1.64. The van der Waals surface area contributed by atoms with Crippen LogP contribution in [0.25, 0.3) is 10.8 Å². The molecular formula is C24H27NO3. The zero-order valence-corrected chi connectivity index (χ0v) is 16.9. The van der Waals surface area contributed by atoms with E-state index in [0.717, 1.165) is 27.6 Å². The molecule has 4 heteroatoms. The standard InChI is InChI=1S/C24H27NO3/c1-24(2,3)28-23(26)25(16-18-12-14-21(27-4)15-13-18)17-20-10-7-9-19-8-5-6-11-22(19)20/h5-15H,16-17H2,1-4H3. The Hall–Kier alpha value is -3.01. The molecule has 0 aliphatic rings. The Morgan fingerprint density at radius 2 is 1.57 bits per heavy atom. The summed E-state index contributed by atoms with van der Waals surface area (Å²) in [5, 5.41) is 2.31. The van der Waals surface area contributed by atoms with E-state index in [-0.39, 0.29) is 6.09 Å². The fraction of sp³-hybridized carbons (Fsp3) is 0.292. The second-order valence-electron chi connectivity index (χ2n) is 7.82. The van der Waals surface area contributed by atoms with E-state index in [1.165, 1.54) is 0 Å². The summed E-state index contributed by atoms with van der Waals surface area (Å²) in [6.07, 6.45) is -0.323. The van der Waals surface area contributed by atoms with Gasteiger partial charge in [0.25, 0.3) is 0 Å². The van der Waals surface area contributed by atoms with Gasteiger partial charge < -0.3 is 9.47 Å². The van der Waals surface area contributed by atoms with Crippen LogP contribution in [0.15, 0.2) is 66.7 Å². The summed E-state index contributed by atoms with van der Waals surface area (Å²) < 4.78 is 10.9. The van der Waals surface area contributed by atoms with Crippen molar-refractivity contribution in [2.45, 2.75) is 39.5 Å². The van der Waals surface area contributed by atoms with Gasteiger partial charge in [0.05, 0.1) is 7.11 Å². The Kier molecular flexibility index (Phi) is 5.88. The third-order valence-electron chi connectivity index (χ3n) is 4.43. The van der Waals surface area contributed by atoms with Gasteiger partial charge >= 0.3 is 6.09 Å². The van der Waals surface area contributed by atoms with Crippen molar-refractivity contribution in [2.24, 2.45) is 0 Å². The normalized spacial score (nSPS) is 11.3. The highest BCUT2D eigenvalue weighted by Gasteiger charge is 2.23. The van der Waals surface area contributed by atoms with E-state index in [1.807, 2.05) is 63.2 Å². The van der Waals surface area contributed by atoms with Crippen LogP contribution in [0.1, 0.15) is 31.9 Å². The first kappa shape index (κ1) is 19.7. The summed E-state index contributed by atoms with van der Waals surface area (Å²) >= 11 is 0. The second kappa shape index (κ2) is 8.34. The van der Waals surface area contributed by atoms with Crippen molar-refractivity contribution in [2.75, 3.05) is 7.11 Å². The minimum atomic E-state index is -0.548. The Labute approximate surface area is 166 Å². The highest BCUT2D eigenvalue weighted by Crippen LogP contribution is 2.23. The summed E-state index contributed by atoms with van der Waals surface area (Å²) in [6.45, 7) is 6.58. The minimum absolute atomic E-state index is 0.323. The van der Waals surface area contributed by atoms with E-state index in [2.05, 4.69) is 24.3 Å². The Bertz CT molecular complexity index is 937. The van der Waals surface area contributed by atoms with Crippen molar-refractivity contribution in [1.29, 1.82) is 0 Å². The van der Waals surface area contributed by atoms with Gasteiger partial charge in [-0.1, -0.05) is 54.6 Å². The quantitative estimate of drug-likeness (QED) is 0.565. The maximum Gasteiger partial charge on any atom is 0.410 e. The first-order valence-corrected chi connectivity index (χ1v) is 9.43.